The number of aryl methyl sites for hydroxylation is 1. The van der Waals surface area contributed by atoms with Gasteiger partial charge in [0.1, 0.15) is 11.6 Å². The van der Waals surface area contributed by atoms with Gasteiger partial charge in [-0.05, 0) is 36.8 Å². The van der Waals surface area contributed by atoms with Crippen LogP contribution in [-0.4, -0.2) is 41.4 Å². The van der Waals surface area contributed by atoms with E-state index in [9.17, 15) is 4.39 Å². The molecule has 0 bridgehead atoms. The molecule has 132 valence electrons. The van der Waals surface area contributed by atoms with Crippen LogP contribution in [0, 0.1) is 12.7 Å². The molecule has 0 spiro atoms. The second-order valence-corrected chi connectivity index (χ2v) is 6.13. The Kier molecular flexibility index (Phi) is 5.72. The number of thiocarbonyl (C=S) groups is 1. The normalized spacial score (nSPS) is 14.2. The monoisotopic (exact) mass is 361 g/mol. The molecule has 3 rings (SSSR count). The van der Waals surface area contributed by atoms with Gasteiger partial charge < -0.3 is 20.3 Å². The molecule has 2 heterocycles. The van der Waals surface area contributed by atoms with E-state index in [4.69, 9.17) is 17.0 Å². The lowest BCUT2D eigenvalue weighted by Crippen LogP contribution is -2.37. The largest absolute Gasteiger partial charge is 0.378 e. The van der Waals surface area contributed by atoms with Gasteiger partial charge in [0, 0.05) is 31.4 Å². The molecule has 0 saturated carbocycles. The zero-order valence-electron chi connectivity index (χ0n) is 14.0. The number of benzene rings is 1. The van der Waals surface area contributed by atoms with E-state index >= 15 is 0 Å². The number of ether oxygens (including phenoxy) is 1. The van der Waals surface area contributed by atoms with Crippen molar-refractivity contribution in [2.45, 2.75) is 13.5 Å². The summed E-state index contributed by atoms with van der Waals surface area (Å²) in [6, 6.07) is 8.22. The number of nitrogens with zero attached hydrogens (tertiary/aromatic N) is 3. The first kappa shape index (κ1) is 17.5. The summed E-state index contributed by atoms with van der Waals surface area (Å²) in [6.45, 7) is 5.43. The fraction of sp³-hybridized carbons (Fsp3) is 0.353. The van der Waals surface area contributed by atoms with E-state index in [-0.39, 0.29) is 5.82 Å². The van der Waals surface area contributed by atoms with Crippen LogP contribution in [0.25, 0.3) is 0 Å². The van der Waals surface area contributed by atoms with Crippen LogP contribution >= 0.6 is 12.2 Å². The van der Waals surface area contributed by atoms with Crippen molar-refractivity contribution in [3.8, 4) is 0 Å². The third-order valence-corrected chi connectivity index (χ3v) is 4.01. The van der Waals surface area contributed by atoms with Gasteiger partial charge in [0.05, 0.1) is 13.2 Å². The minimum absolute atomic E-state index is 0.256. The third kappa shape index (κ3) is 5.07. The summed E-state index contributed by atoms with van der Waals surface area (Å²) in [5.41, 5.74) is 1.80. The highest BCUT2D eigenvalue weighted by Crippen LogP contribution is 2.16. The van der Waals surface area contributed by atoms with E-state index in [1.165, 1.54) is 12.1 Å². The molecule has 1 aliphatic rings. The molecule has 1 saturated heterocycles. The molecule has 0 atom stereocenters. The van der Waals surface area contributed by atoms with E-state index in [0.29, 0.717) is 30.8 Å². The molecule has 0 amide bonds. The molecule has 25 heavy (non-hydrogen) atoms. The Morgan fingerprint density at radius 1 is 1.24 bits per heavy atom. The van der Waals surface area contributed by atoms with Crippen molar-refractivity contribution in [1.29, 1.82) is 0 Å². The minimum atomic E-state index is -0.256. The lowest BCUT2D eigenvalue weighted by molar-refractivity contribution is 0.122. The van der Waals surface area contributed by atoms with E-state index in [2.05, 4.69) is 25.5 Å². The first-order valence-corrected chi connectivity index (χ1v) is 8.49. The molecular weight excluding hydrogens is 341 g/mol. The number of halogens is 1. The van der Waals surface area contributed by atoms with Gasteiger partial charge in [-0.1, -0.05) is 12.1 Å². The topological polar surface area (TPSA) is 62.3 Å². The summed E-state index contributed by atoms with van der Waals surface area (Å²) in [5, 5.41) is 6.50. The van der Waals surface area contributed by atoms with Crippen LogP contribution in [0.4, 0.5) is 16.2 Å². The summed E-state index contributed by atoms with van der Waals surface area (Å²) in [6.07, 6.45) is 0. The zero-order chi connectivity index (χ0) is 17.6. The lowest BCUT2D eigenvalue weighted by atomic mass is 10.2. The molecule has 1 aliphatic heterocycles. The van der Waals surface area contributed by atoms with Gasteiger partial charge in [-0.2, -0.15) is 4.98 Å². The molecule has 2 N–H and O–H groups in total. The molecule has 1 aromatic carbocycles. The maximum atomic E-state index is 12.9. The van der Waals surface area contributed by atoms with E-state index in [1.54, 1.807) is 12.1 Å². The highest BCUT2D eigenvalue weighted by molar-refractivity contribution is 7.80. The van der Waals surface area contributed by atoms with Gasteiger partial charge in [0.25, 0.3) is 0 Å². The van der Waals surface area contributed by atoms with Gasteiger partial charge in [-0.15, -0.1) is 0 Å². The van der Waals surface area contributed by atoms with Crippen molar-refractivity contribution in [2.75, 3.05) is 36.5 Å². The summed E-state index contributed by atoms with van der Waals surface area (Å²) < 4.78 is 18.3. The van der Waals surface area contributed by atoms with Crippen molar-refractivity contribution in [1.82, 2.24) is 15.3 Å². The lowest BCUT2D eigenvalue weighted by Gasteiger charge is -2.28. The van der Waals surface area contributed by atoms with Crippen LogP contribution in [0.5, 0.6) is 0 Å². The number of hydrogen-bond donors (Lipinski definition) is 2. The highest BCUT2D eigenvalue weighted by Gasteiger charge is 2.14. The van der Waals surface area contributed by atoms with Crippen LogP contribution in [0.2, 0.25) is 0 Å². The summed E-state index contributed by atoms with van der Waals surface area (Å²) in [7, 11) is 0. The number of rotatable bonds is 4. The minimum Gasteiger partial charge on any atom is -0.378 e. The average Bonchev–Trinajstić information content (AvgIpc) is 2.61. The van der Waals surface area contributed by atoms with Crippen molar-refractivity contribution in [2.24, 2.45) is 0 Å². The molecule has 0 unspecified atom stereocenters. The number of hydrogen-bond acceptors (Lipinski definition) is 5. The standard InChI is InChI=1S/C17H20FN5OS/c1-12-10-15(23-6-8-24-9-7-23)21-16(20-12)22-17(25)19-11-13-2-4-14(18)5-3-13/h2-5,10H,6-9,11H2,1H3,(H2,19,20,21,22,25). The van der Waals surface area contributed by atoms with Crippen molar-refractivity contribution in [3.63, 3.8) is 0 Å². The maximum absolute atomic E-state index is 12.9. The molecule has 8 heteroatoms. The van der Waals surface area contributed by atoms with Crippen molar-refractivity contribution < 1.29 is 9.13 Å². The molecule has 6 nitrogen and oxygen atoms in total. The smallest absolute Gasteiger partial charge is 0.231 e. The Bertz CT molecular complexity index is 734. The molecular formula is C17H20FN5OS. The second-order valence-electron chi connectivity index (χ2n) is 5.72. The average molecular weight is 361 g/mol. The zero-order valence-corrected chi connectivity index (χ0v) is 14.8. The van der Waals surface area contributed by atoms with Crippen molar-refractivity contribution in [3.05, 3.63) is 47.4 Å². The van der Waals surface area contributed by atoms with Crippen molar-refractivity contribution >= 4 is 29.1 Å². The number of nitrogens with one attached hydrogen (secondary N) is 2. The molecule has 0 aliphatic carbocycles. The Labute approximate surface area is 151 Å². The first-order valence-electron chi connectivity index (χ1n) is 8.08. The van der Waals surface area contributed by atoms with Crippen LogP contribution in [0.15, 0.2) is 30.3 Å². The maximum Gasteiger partial charge on any atom is 0.231 e. The fourth-order valence-electron chi connectivity index (χ4n) is 2.49. The van der Waals surface area contributed by atoms with Gasteiger partial charge in [-0.3, -0.25) is 0 Å². The molecule has 1 aromatic heterocycles. The third-order valence-electron chi connectivity index (χ3n) is 3.77. The van der Waals surface area contributed by atoms with Gasteiger partial charge >= 0.3 is 0 Å². The molecule has 0 radical (unpaired) electrons. The van der Waals surface area contributed by atoms with E-state index in [1.807, 2.05) is 13.0 Å². The SMILES string of the molecule is Cc1cc(N2CCOCC2)nc(NC(=S)NCc2ccc(F)cc2)n1. The van der Waals surface area contributed by atoms with Gasteiger partial charge in [0.15, 0.2) is 5.11 Å². The number of aromatic nitrogens is 2. The molecule has 1 fully saturated rings. The van der Waals surface area contributed by atoms with E-state index in [0.717, 1.165) is 30.2 Å². The van der Waals surface area contributed by atoms with Gasteiger partial charge in [0.2, 0.25) is 5.95 Å². The Balaban J connectivity index is 1.60. The Morgan fingerprint density at radius 3 is 2.68 bits per heavy atom. The Hall–Kier alpha value is -2.32. The molecule has 2 aromatic rings. The van der Waals surface area contributed by atoms with Crippen LogP contribution in [-0.2, 0) is 11.3 Å². The highest BCUT2D eigenvalue weighted by atomic mass is 32.1. The predicted octanol–water partition coefficient (Wildman–Crippen LogP) is 2.25. The second kappa shape index (κ2) is 8.17. The number of morpholine rings is 1. The van der Waals surface area contributed by atoms with Crippen LogP contribution in [0.1, 0.15) is 11.3 Å². The van der Waals surface area contributed by atoms with Crippen LogP contribution in [0.3, 0.4) is 0 Å². The first-order chi connectivity index (χ1) is 12.1. The summed E-state index contributed by atoms with van der Waals surface area (Å²) in [5.74, 6) is 1.06. The quantitative estimate of drug-likeness (QED) is 0.810. The van der Waals surface area contributed by atoms with E-state index < -0.39 is 0 Å². The fourth-order valence-corrected chi connectivity index (χ4v) is 2.66. The Morgan fingerprint density at radius 2 is 1.96 bits per heavy atom. The number of anilines is 2. The summed E-state index contributed by atoms with van der Waals surface area (Å²) in [4.78, 5) is 11.1. The summed E-state index contributed by atoms with van der Waals surface area (Å²) >= 11 is 5.29. The van der Waals surface area contributed by atoms with Crippen LogP contribution < -0.4 is 15.5 Å². The predicted molar refractivity (Wildman–Crippen MR) is 99.3 cm³/mol. The van der Waals surface area contributed by atoms with Gasteiger partial charge in [-0.25, -0.2) is 9.37 Å².